The van der Waals surface area contributed by atoms with E-state index in [2.05, 4.69) is 9.97 Å². The molecule has 1 heterocycles. The third-order valence-electron chi connectivity index (χ3n) is 2.87. The van der Waals surface area contributed by atoms with Gasteiger partial charge in [0.25, 0.3) is 0 Å². The van der Waals surface area contributed by atoms with Crippen LogP contribution in [0.15, 0.2) is 42.5 Å². The topological polar surface area (TPSA) is 48.9 Å². The van der Waals surface area contributed by atoms with Crippen LogP contribution in [0.1, 0.15) is 5.56 Å². The van der Waals surface area contributed by atoms with Gasteiger partial charge in [-0.05, 0) is 30.7 Å². The summed E-state index contributed by atoms with van der Waals surface area (Å²) in [5.41, 5.74) is 3.69. The Morgan fingerprint density at radius 1 is 1.12 bits per heavy atom. The molecule has 0 radical (unpaired) electrons. The van der Waals surface area contributed by atoms with Crippen molar-refractivity contribution >= 4 is 11.0 Å². The van der Waals surface area contributed by atoms with Crippen LogP contribution in [0.2, 0.25) is 0 Å². The summed E-state index contributed by atoms with van der Waals surface area (Å²) in [6.07, 6.45) is 0. The molecule has 0 aliphatic heterocycles. The number of para-hydroxylation sites is 2. The van der Waals surface area contributed by atoms with Gasteiger partial charge in [0.15, 0.2) is 0 Å². The number of hydrogen-bond acceptors (Lipinski definition) is 2. The summed E-state index contributed by atoms with van der Waals surface area (Å²) < 4.78 is 0. The maximum atomic E-state index is 9.69. The Hall–Kier alpha value is -2.29. The molecule has 3 heteroatoms. The van der Waals surface area contributed by atoms with Crippen LogP contribution in [0.4, 0.5) is 0 Å². The molecule has 0 aliphatic rings. The third-order valence-corrected chi connectivity index (χ3v) is 2.87. The van der Waals surface area contributed by atoms with E-state index in [-0.39, 0.29) is 0 Å². The van der Waals surface area contributed by atoms with Crippen LogP contribution < -0.4 is 0 Å². The number of benzene rings is 2. The molecule has 0 saturated carbocycles. The first kappa shape index (κ1) is 9.90. The lowest BCUT2D eigenvalue weighted by molar-refractivity contribution is 0.471. The highest BCUT2D eigenvalue weighted by molar-refractivity contribution is 5.79. The number of aryl methyl sites for hydroxylation is 1. The molecule has 3 rings (SSSR count). The second kappa shape index (κ2) is 3.63. The highest BCUT2D eigenvalue weighted by Crippen LogP contribution is 2.25. The molecule has 2 N–H and O–H groups in total. The van der Waals surface area contributed by atoms with E-state index in [0.29, 0.717) is 5.75 Å². The molecule has 0 atom stereocenters. The Morgan fingerprint density at radius 2 is 1.94 bits per heavy atom. The van der Waals surface area contributed by atoms with Crippen LogP contribution in [-0.2, 0) is 0 Å². The Kier molecular flexibility index (Phi) is 2.11. The molecule has 3 nitrogen and oxygen atoms in total. The monoisotopic (exact) mass is 224 g/mol. The smallest absolute Gasteiger partial charge is 0.138 e. The van der Waals surface area contributed by atoms with Crippen LogP contribution in [-0.4, -0.2) is 15.1 Å². The highest BCUT2D eigenvalue weighted by atomic mass is 16.3. The van der Waals surface area contributed by atoms with Crippen LogP contribution in [0.25, 0.3) is 22.4 Å². The minimum atomic E-state index is 0.294. The van der Waals surface area contributed by atoms with Gasteiger partial charge in [0.2, 0.25) is 0 Å². The summed E-state index contributed by atoms with van der Waals surface area (Å²) in [5.74, 6) is 1.07. The number of nitrogens with one attached hydrogen (secondary N) is 1. The zero-order valence-electron chi connectivity index (χ0n) is 9.44. The average Bonchev–Trinajstić information content (AvgIpc) is 2.76. The number of aromatic nitrogens is 2. The summed E-state index contributed by atoms with van der Waals surface area (Å²) >= 11 is 0. The van der Waals surface area contributed by atoms with E-state index in [1.54, 1.807) is 6.07 Å². The molecular weight excluding hydrogens is 212 g/mol. The first-order valence-corrected chi connectivity index (χ1v) is 5.49. The predicted octanol–water partition coefficient (Wildman–Crippen LogP) is 3.24. The van der Waals surface area contributed by atoms with Gasteiger partial charge in [-0.15, -0.1) is 0 Å². The molecule has 1 aromatic heterocycles. The fraction of sp³-hybridized carbons (Fsp3) is 0.0714. The first-order chi connectivity index (χ1) is 8.24. The Labute approximate surface area is 98.8 Å². The number of H-pyrrole nitrogens is 1. The molecule has 0 unspecified atom stereocenters. The number of phenolic OH excluding ortho intramolecular Hbond substituents is 1. The largest absolute Gasteiger partial charge is 0.508 e. The molecule has 0 bridgehead atoms. The summed E-state index contributed by atoms with van der Waals surface area (Å²) in [6.45, 7) is 1.87. The van der Waals surface area contributed by atoms with Crippen LogP contribution in [0.3, 0.4) is 0 Å². The normalized spacial score (nSPS) is 10.9. The number of aromatic amines is 1. The van der Waals surface area contributed by atoms with E-state index in [1.165, 1.54) is 0 Å². The third kappa shape index (κ3) is 1.65. The summed E-state index contributed by atoms with van der Waals surface area (Å²) in [5, 5.41) is 9.69. The molecule has 0 aliphatic carbocycles. The number of hydrogen-bond donors (Lipinski definition) is 2. The van der Waals surface area contributed by atoms with E-state index in [1.807, 2.05) is 43.3 Å². The zero-order chi connectivity index (χ0) is 11.8. The van der Waals surface area contributed by atoms with Crippen molar-refractivity contribution in [2.75, 3.05) is 0 Å². The highest BCUT2D eigenvalue weighted by Gasteiger charge is 2.06. The molecule has 3 aromatic rings. The van der Waals surface area contributed by atoms with E-state index in [9.17, 15) is 5.11 Å². The maximum Gasteiger partial charge on any atom is 0.138 e. The lowest BCUT2D eigenvalue weighted by Gasteiger charge is -2.00. The van der Waals surface area contributed by atoms with Gasteiger partial charge in [-0.2, -0.15) is 0 Å². The van der Waals surface area contributed by atoms with Gasteiger partial charge < -0.3 is 10.1 Å². The summed E-state index contributed by atoms with van der Waals surface area (Å²) in [6, 6.07) is 13.4. The number of phenols is 1. The number of nitrogens with zero attached hydrogens (tertiary/aromatic N) is 1. The second-order valence-corrected chi connectivity index (χ2v) is 4.10. The lowest BCUT2D eigenvalue weighted by Crippen LogP contribution is -1.81. The van der Waals surface area contributed by atoms with Crippen molar-refractivity contribution in [1.82, 2.24) is 9.97 Å². The van der Waals surface area contributed by atoms with Crippen LogP contribution >= 0.6 is 0 Å². The maximum absolute atomic E-state index is 9.69. The van der Waals surface area contributed by atoms with Crippen LogP contribution in [0.5, 0.6) is 5.75 Å². The van der Waals surface area contributed by atoms with E-state index < -0.39 is 0 Å². The Bertz CT molecular complexity index is 653. The number of fused-ring (bicyclic) bond motifs is 1. The zero-order valence-corrected chi connectivity index (χ0v) is 9.44. The number of imidazole rings is 1. The SMILES string of the molecule is Cc1ccc(-c2nc3ccccc3[nH]2)cc1O. The van der Waals surface area contributed by atoms with Crippen LogP contribution in [0, 0.1) is 6.92 Å². The van der Waals surface area contributed by atoms with Gasteiger partial charge in [0.05, 0.1) is 11.0 Å². The molecule has 84 valence electrons. The van der Waals surface area contributed by atoms with Crippen molar-refractivity contribution in [2.45, 2.75) is 6.92 Å². The lowest BCUT2D eigenvalue weighted by atomic mass is 10.1. The standard InChI is InChI=1S/C14H12N2O/c1-9-6-7-10(8-13(9)17)14-15-11-4-2-3-5-12(11)16-14/h2-8,17H,1H3,(H,15,16). The van der Waals surface area contributed by atoms with Gasteiger partial charge in [-0.3, -0.25) is 0 Å². The fourth-order valence-electron chi connectivity index (χ4n) is 1.85. The first-order valence-electron chi connectivity index (χ1n) is 5.49. The molecule has 0 fully saturated rings. The Balaban J connectivity index is 2.17. The van der Waals surface area contributed by atoms with Crippen molar-refractivity contribution in [3.63, 3.8) is 0 Å². The second-order valence-electron chi connectivity index (χ2n) is 4.10. The quantitative estimate of drug-likeness (QED) is 0.666. The molecule has 0 amide bonds. The van der Waals surface area contributed by atoms with Gasteiger partial charge in [0.1, 0.15) is 11.6 Å². The molecule has 0 saturated heterocycles. The minimum absolute atomic E-state index is 0.294. The van der Waals surface area contributed by atoms with Crippen molar-refractivity contribution in [2.24, 2.45) is 0 Å². The predicted molar refractivity (Wildman–Crippen MR) is 67.9 cm³/mol. The minimum Gasteiger partial charge on any atom is -0.508 e. The van der Waals surface area contributed by atoms with Crippen molar-refractivity contribution < 1.29 is 5.11 Å². The van der Waals surface area contributed by atoms with Gasteiger partial charge in [0, 0.05) is 5.56 Å². The van der Waals surface area contributed by atoms with Gasteiger partial charge in [-0.1, -0.05) is 24.3 Å². The number of rotatable bonds is 1. The van der Waals surface area contributed by atoms with Crippen molar-refractivity contribution in [1.29, 1.82) is 0 Å². The Morgan fingerprint density at radius 3 is 2.71 bits per heavy atom. The van der Waals surface area contributed by atoms with E-state index in [4.69, 9.17) is 0 Å². The van der Waals surface area contributed by atoms with Gasteiger partial charge in [-0.25, -0.2) is 4.98 Å². The van der Waals surface area contributed by atoms with E-state index in [0.717, 1.165) is 28.0 Å². The summed E-state index contributed by atoms with van der Waals surface area (Å²) in [4.78, 5) is 7.72. The van der Waals surface area contributed by atoms with E-state index >= 15 is 0 Å². The molecular formula is C14H12N2O. The number of aromatic hydroxyl groups is 1. The molecule has 17 heavy (non-hydrogen) atoms. The van der Waals surface area contributed by atoms with Gasteiger partial charge >= 0.3 is 0 Å². The fourth-order valence-corrected chi connectivity index (χ4v) is 1.85. The molecule has 2 aromatic carbocycles. The molecule has 0 spiro atoms. The summed E-state index contributed by atoms with van der Waals surface area (Å²) in [7, 11) is 0. The van der Waals surface area contributed by atoms with Crippen molar-refractivity contribution in [3.05, 3.63) is 48.0 Å². The average molecular weight is 224 g/mol. The van der Waals surface area contributed by atoms with Crippen molar-refractivity contribution in [3.8, 4) is 17.1 Å².